The number of halogens is 2. The minimum Gasteiger partial charge on any atom is -0.484 e. The van der Waals surface area contributed by atoms with Crippen molar-refractivity contribution in [2.45, 2.75) is 26.2 Å². The van der Waals surface area contributed by atoms with Crippen molar-refractivity contribution in [1.82, 2.24) is 5.32 Å². The Morgan fingerprint density at radius 1 is 1.19 bits per heavy atom. The van der Waals surface area contributed by atoms with Crippen LogP contribution in [0.5, 0.6) is 5.75 Å². The number of carbonyl (C=O) groups is 1. The van der Waals surface area contributed by atoms with Crippen LogP contribution in [0.1, 0.15) is 26.3 Å². The molecule has 0 atom stereocenters. The number of benzene rings is 2. The number of carbonyl (C=O) groups excluding carboxylic acids is 1. The number of rotatable bonds is 4. The summed E-state index contributed by atoms with van der Waals surface area (Å²) in [5.41, 5.74) is 1.41. The molecule has 138 valence electrons. The van der Waals surface area contributed by atoms with Gasteiger partial charge in [-0.25, -0.2) is 4.39 Å². The van der Waals surface area contributed by atoms with E-state index in [0.717, 1.165) is 0 Å². The summed E-state index contributed by atoms with van der Waals surface area (Å²) in [6.45, 7) is 6.18. The first-order chi connectivity index (χ1) is 12.1. The Kier molecular flexibility index (Phi) is 6.72. The lowest BCUT2D eigenvalue weighted by atomic mass is 9.87. The molecule has 0 aliphatic heterocycles. The fourth-order valence-corrected chi connectivity index (χ4v) is 2.66. The van der Waals surface area contributed by atoms with Gasteiger partial charge in [-0.15, -0.1) is 0 Å². The maximum Gasteiger partial charge on any atom is 0.264 e. The van der Waals surface area contributed by atoms with Crippen LogP contribution in [0.2, 0.25) is 0 Å². The zero-order valence-electron chi connectivity index (χ0n) is 14.7. The van der Waals surface area contributed by atoms with E-state index >= 15 is 0 Å². The SMILES string of the molecule is CC(C)(C)c1ccc(OCC(=O)NC(=S)Nc2ccc(Br)cc2F)cc1. The molecule has 2 rings (SSSR count). The van der Waals surface area contributed by atoms with Gasteiger partial charge in [0, 0.05) is 4.47 Å². The highest BCUT2D eigenvalue weighted by Gasteiger charge is 2.13. The molecule has 2 N–H and O–H groups in total. The molecular weight excluding hydrogens is 419 g/mol. The van der Waals surface area contributed by atoms with Crippen molar-refractivity contribution in [2.75, 3.05) is 11.9 Å². The van der Waals surface area contributed by atoms with Crippen molar-refractivity contribution < 1.29 is 13.9 Å². The fraction of sp³-hybridized carbons (Fsp3) is 0.263. The predicted molar refractivity (Wildman–Crippen MR) is 109 cm³/mol. The number of amides is 1. The highest BCUT2D eigenvalue weighted by Crippen LogP contribution is 2.24. The van der Waals surface area contributed by atoms with Crippen LogP contribution in [0, 0.1) is 5.82 Å². The lowest BCUT2D eigenvalue weighted by Gasteiger charge is -2.19. The summed E-state index contributed by atoms with van der Waals surface area (Å²) in [5, 5.41) is 5.10. The van der Waals surface area contributed by atoms with Crippen molar-refractivity contribution in [3.05, 3.63) is 58.3 Å². The molecule has 0 bridgehead atoms. The highest BCUT2D eigenvalue weighted by atomic mass is 79.9. The van der Waals surface area contributed by atoms with Crippen molar-refractivity contribution >= 4 is 44.9 Å². The minimum atomic E-state index is -0.480. The van der Waals surface area contributed by atoms with E-state index in [1.165, 1.54) is 17.7 Å². The first-order valence-corrected chi connectivity index (χ1v) is 9.14. The molecule has 0 fully saturated rings. The predicted octanol–water partition coefficient (Wildman–Crippen LogP) is 4.78. The molecule has 0 aliphatic rings. The lowest BCUT2D eigenvalue weighted by Crippen LogP contribution is -2.37. The summed E-state index contributed by atoms with van der Waals surface area (Å²) in [4.78, 5) is 11.9. The van der Waals surface area contributed by atoms with Crippen LogP contribution in [0.3, 0.4) is 0 Å². The molecule has 4 nitrogen and oxygen atoms in total. The van der Waals surface area contributed by atoms with Crippen molar-refractivity contribution in [3.8, 4) is 5.75 Å². The van der Waals surface area contributed by atoms with E-state index in [1.54, 1.807) is 6.07 Å². The van der Waals surface area contributed by atoms with E-state index < -0.39 is 11.7 Å². The van der Waals surface area contributed by atoms with Gasteiger partial charge in [0.2, 0.25) is 0 Å². The van der Waals surface area contributed by atoms with Crippen molar-refractivity contribution in [2.24, 2.45) is 0 Å². The molecule has 0 aromatic heterocycles. The van der Waals surface area contributed by atoms with Crippen LogP contribution in [0.25, 0.3) is 0 Å². The molecule has 0 saturated carbocycles. The Balaban J connectivity index is 1.83. The normalized spacial score (nSPS) is 11.0. The fourth-order valence-electron chi connectivity index (χ4n) is 2.11. The molecule has 0 unspecified atom stereocenters. The van der Waals surface area contributed by atoms with Crippen LogP contribution in [-0.4, -0.2) is 17.6 Å². The van der Waals surface area contributed by atoms with E-state index in [1.807, 2.05) is 24.3 Å². The summed E-state index contributed by atoms with van der Waals surface area (Å²) in [6, 6.07) is 12.1. The van der Waals surface area contributed by atoms with E-state index in [-0.39, 0.29) is 22.8 Å². The third kappa shape index (κ3) is 6.07. The van der Waals surface area contributed by atoms with Gasteiger partial charge in [-0.3, -0.25) is 10.1 Å². The van der Waals surface area contributed by atoms with Crippen LogP contribution in [0.4, 0.5) is 10.1 Å². The van der Waals surface area contributed by atoms with Gasteiger partial charge in [0.15, 0.2) is 11.7 Å². The van der Waals surface area contributed by atoms with Gasteiger partial charge in [-0.05, 0) is 53.5 Å². The van der Waals surface area contributed by atoms with Gasteiger partial charge in [0.05, 0.1) is 5.69 Å². The first kappa shape index (κ1) is 20.3. The summed E-state index contributed by atoms with van der Waals surface area (Å²) in [6.07, 6.45) is 0. The first-order valence-electron chi connectivity index (χ1n) is 7.94. The van der Waals surface area contributed by atoms with Crippen molar-refractivity contribution in [1.29, 1.82) is 0 Å². The zero-order valence-corrected chi connectivity index (χ0v) is 17.1. The minimum absolute atomic E-state index is 0.00269. The van der Waals surface area contributed by atoms with E-state index in [2.05, 4.69) is 47.3 Å². The van der Waals surface area contributed by atoms with Crippen LogP contribution in [0.15, 0.2) is 46.9 Å². The Bertz CT molecular complexity index is 804. The quantitative estimate of drug-likeness (QED) is 0.674. The third-order valence-electron chi connectivity index (χ3n) is 3.52. The number of hydrogen-bond acceptors (Lipinski definition) is 3. The second-order valence-electron chi connectivity index (χ2n) is 6.69. The summed E-state index contributed by atoms with van der Waals surface area (Å²) in [7, 11) is 0. The standard InChI is InChI=1S/C19H20BrFN2O2S/c1-19(2,3)12-4-7-14(8-5-12)25-11-17(24)23-18(26)22-16-9-6-13(20)10-15(16)21/h4-10H,11H2,1-3H3,(H2,22,23,24,26). The van der Waals surface area contributed by atoms with Crippen LogP contribution < -0.4 is 15.4 Å². The lowest BCUT2D eigenvalue weighted by molar-refractivity contribution is -0.121. The van der Waals surface area contributed by atoms with Gasteiger partial charge >= 0.3 is 0 Å². The second kappa shape index (κ2) is 8.60. The Morgan fingerprint density at radius 2 is 1.85 bits per heavy atom. The van der Waals surface area contributed by atoms with Gasteiger partial charge < -0.3 is 10.1 Å². The molecule has 26 heavy (non-hydrogen) atoms. The maximum absolute atomic E-state index is 13.7. The van der Waals surface area contributed by atoms with E-state index in [9.17, 15) is 9.18 Å². The number of hydrogen-bond donors (Lipinski definition) is 2. The smallest absolute Gasteiger partial charge is 0.264 e. The second-order valence-corrected chi connectivity index (χ2v) is 8.01. The molecule has 0 aliphatic carbocycles. The number of ether oxygens (including phenoxy) is 1. The van der Waals surface area contributed by atoms with Gasteiger partial charge in [-0.2, -0.15) is 0 Å². The number of anilines is 1. The Labute approximate surface area is 166 Å². The summed E-state index contributed by atoms with van der Waals surface area (Å²) < 4.78 is 19.8. The monoisotopic (exact) mass is 438 g/mol. The average Bonchev–Trinajstić information content (AvgIpc) is 2.55. The maximum atomic E-state index is 13.7. The van der Waals surface area contributed by atoms with Crippen molar-refractivity contribution in [3.63, 3.8) is 0 Å². The van der Waals surface area contributed by atoms with Gasteiger partial charge in [0.1, 0.15) is 11.6 Å². The van der Waals surface area contributed by atoms with E-state index in [4.69, 9.17) is 17.0 Å². The van der Waals surface area contributed by atoms with Crippen LogP contribution in [-0.2, 0) is 10.2 Å². The molecule has 0 spiro atoms. The molecule has 2 aromatic carbocycles. The van der Waals surface area contributed by atoms with Gasteiger partial charge in [-0.1, -0.05) is 48.8 Å². The van der Waals surface area contributed by atoms with E-state index in [0.29, 0.717) is 10.2 Å². The number of nitrogens with one attached hydrogen (secondary N) is 2. The highest BCUT2D eigenvalue weighted by molar-refractivity contribution is 9.10. The molecule has 0 heterocycles. The van der Waals surface area contributed by atoms with Gasteiger partial charge in [0.25, 0.3) is 5.91 Å². The molecule has 1 amide bonds. The third-order valence-corrected chi connectivity index (χ3v) is 4.22. The van der Waals surface area contributed by atoms with Crippen LogP contribution >= 0.6 is 28.1 Å². The number of thiocarbonyl (C=S) groups is 1. The summed E-state index contributed by atoms with van der Waals surface area (Å²) in [5.74, 6) is -0.322. The summed E-state index contributed by atoms with van der Waals surface area (Å²) >= 11 is 8.19. The largest absolute Gasteiger partial charge is 0.484 e. The Hall–Kier alpha value is -1.99. The molecule has 0 radical (unpaired) electrons. The molecule has 2 aromatic rings. The topological polar surface area (TPSA) is 50.4 Å². The average molecular weight is 439 g/mol. The zero-order chi connectivity index (χ0) is 19.3. The molecule has 7 heteroatoms. The molecule has 0 saturated heterocycles. The molecular formula is C19H20BrFN2O2S. The Morgan fingerprint density at radius 3 is 2.42 bits per heavy atom.